The molecule has 0 bridgehead atoms. The third-order valence-corrected chi connectivity index (χ3v) is 11.5. The Morgan fingerprint density at radius 3 is 2.67 bits per heavy atom. The Kier molecular flexibility index (Phi) is 5.44. The molecule has 0 radical (unpaired) electrons. The first-order valence-corrected chi connectivity index (χ1v) is 14.0. The molecule has 0 saturated heterocycles. The predicted octanol–water partition coefficient (Wildman–Crippen LogP) is 6.19. The van der Waals surface area contributed by atoms with Crippen molar-refractivity contribution < 1.29 is 5.11 Å². The molecular formula is C29H43N3O. The van der Waals surface area contributed by atoms with Gasteiger partial charge in [-0.25, -0.2) is 0 Å². The van der Waals surface area contributed by atoms with Gasteiger partial charge in [-0.2, -0.15) is 10.4 Å². The van der Waals surface area contributed by atoms with Crippen LogP contribution in [0.1, 0.15) is 96.5 Å². The Hall–Kier alpha value is -1.34. The van der Waals surface area contributed by atoms with E-state index >= 15 is 0 Å². The first-order valence-electron chi connectivity index (χ1n) is 14.0. The van der Waals surface area contributed by atoms with Gasteiger partial charge in [-0.05, 0) is 117 Å². The molecule has 1 unspecified atom stereocenters. The van der Waals surface area contributed by atoms with Gasteiger partial charge in [0, 0.05) is 12.7 Å². The Labute approximate surface area is 200 Å². The molecule has 5 saturated carbocycles. The van der Waals surface area contributed by atoms with Crippen LogP contribution in [0.25, 0.3) is 0 Å². The highest BCUT2D eigenvalue weighted by Crippen LogP contribution is 2.66. The lowest BCUT2D eigenvalue weighted by Crippen LogP contribution is -2.51. The predicted molar refractivity (Wildman–Crippen MR) is 129 cm³/mol. The van der Waals surface area contributed by atoms with Gasteiger partial charge in [-0.3, -0.25) is 4.68 Å². The normalized spacial score (nSPS) is 45.5. The van der Waals surface area contributed by atoms with E-state index in [1.165, 1.54) is 57.8 Å². The van der Waals surface area contributed by atoms with Crippen molar-refractivity contribution in [3.8, 4) is 6.07 Å². The van der Waals surface area contributed by atoms with Crippen molar-refractivity contribution in [2.75, 3.05) is 0 Å². The van der Waals surface area contributed by atoms with Crippen LogP contribution < -0.4 is 0 Å². The quantitative estimate of drug-likeness (QED) is 0.583. The fourth-order valence-corrected chi connectivity index (χ4v) is 9.93. The molecule has 4 nitrogen and oxygen atoms in total. The maximum absolute atomic E-state index is 11.3. The van der Waals surface area contributed by atoms with Gasteiger partial charge in [0.1, 0.15) is 6.07 Å². The number of aliphatic hydroxyl groups is 1. The number of hydrogen-bond donors (Lipinski definition) is 1. The van der Waals surface area contributed by atoms with Gasteiger partial charge in [0.15, 0.2) is 0 Å². The van der Waals surface area contributed by atoms with Gasteiger partial charge in [0.05, 0.1) is 17.4 Å². The first-order chi connectivity index (χ1) is 15.9. The van der Waals surface area contributed by atoms with E-state index in [0.717, 1.165) is 67.2 Å². The Balaban J connectivity index is 1.13. The number of rotatable bonds is 5. The minimum Gasteiger partial charge on any atom is -0.390 e. The third kappa shape index (κ3) is 3.87. The molecular weight excluding hydrogens is 406 g/mol. The maximum Gasteiger partial charge on any atom is 0.102 e. The summed E-state index contributed by atoms with van der Waals surface area (Å²) in [6, 6.07) is 2.21. The van der Waals surface area contributed by atoms with E-state index in [1.807, 2.05) is 10.9 Å². The molecule has 1 aromatic rings. The minimum absolute atomic E-state index is 0.329. The molecule has 9 atom stereocenters. The van der Waals surface area contributed by atoms with Crippen LogP contribution >= 0.6 is 0 Å². The van der Waals surface area contributed by atoms with E-state index < -0.39 is 0 Å². The van der Waals surface area contributed by atoms with Crippen LogP contribution in [0.3, 0.4) is 0 Å². The summed E-state index contributed by atoms with van der Waals surface area (Å²) in [6.45, 7) is 6.00. The summed E-state index contributed by atoms with van der Waals surface area (Å²) in [6.07, 6.45) is 19.3. The SMILES string of the molecule is CC(Cn1cc(C#N)cn1)[C@H]1CC[C@H]2[C@@H]3CC[C@@H]4C[C@@](O)(CC5CC5)CC[C@@H]4[C@H]3CC[C@]12C. The van der Waals surface area contributed by atoms with Crippen molar-refractivity contribution >= 4 is 0 Å². The van der Waals surface area contributed by atoms with E-state index in [-0.39, 0.29) is 5.60 Å². The van der Waals surface area contributed by atoms with E-state index in [9.17, 15) is 5.11 Å². The van der Waals surface area contributed by atoms with E-state index in [2.05, 4.69) is 25.0 Å². The van der Waals surface area contributed by atoms with Crippen molar-refractivity contribution in [3.63, 3.8) is 0 Å². The second kappa shape index (κ2) is 8.11. The van der Waals surface area contributed by atoms with Gasteiger partial charge < -0.3 is 5.11 Å². The van der Waals surface area contributed by atoms with Crippen LogP contribution in [-0.4, -0.2) is 20.5 Å². The maximum atomic E-state index is 11.3. The Bertz CT molecular complexity index is 914. The van der Waals surface area contributed by atoms with Crippen LogP contribution in [0.15, 0.2) is 12.4 Å². The summed E-state index contributed by atoms with van der Waals surface area (Å²) < 4.78 is 2.00. The molecule has 0 amide bonds. The number of aromatic nitrogens is 2. The van der Waals surface area contributed by atoms with Crippen molar-refractivity contribution in [1.29, 1.82) is 5.26 Å². The topological polar surface area (TPSA) is 61.8 Å². The van der Waals surface area contributed by atoms with E-state index in [0.29, 0.717) is 16.9 Å². The highest BCUT2D eigenvalue weighted by Gasteiger charge is 2.58. The molecule has 1 aromatic heterocycles. The minimum atomic E-state index is -0.329. The molecule has 5 aliphatic carbocycles. The van der Waals surface area contributed by atoms with Crippen molar-refractivity contribution in [3.05, 3.63) is 18.0 Å². The molecule has 5 aliphatic rings. The fourth-order valence-electron chi connectivity index (χ4n) is 9.93. The second-order valence-corrected chi connectivity index (χ2v) is 13.3. The van der Waals surface area contributed by atoms with Gasteiger partial charge in [0.2, 0.25) is 0 Å². The molecule has 4 heteroatoms. The summed E-state index contributed by atoms with van der Waals surface area (Å²) in [7, 11) is 0. The number of hydrogen-bond acceptors (Lipinski definition) is 3. The molecule has 1 N–H and O–H groups in total. The van der Waals surface area contributed by atoms with Crippen LogP contribution in [0.4, 0.5) is 0 Å². The van der Waals surface area contributed by atoms with Crippen molar-refractivity contribution in [2.45, 2.75) is 103 Å². The summed E-state index contributed by atoms with van der Waals surface area (Å²) in [5.74, 6) is 6.62. The highest BCUT2D eigenvalue weighted by atomic mass is 16.3. The average Bonchev–Trinajstić information content (AvgIpc) is 3.34. The lowest BCUT2D eigenvalue weighted by Gasteiger charge is -2.57. The number of fused-ring (bicyclic) bond motifs is 5. The third-order valence-electron chi connectivity index (χ3n) is 11.5. The number of nitriles is 1. The molecule has 180 valence electrons. The van der Waals surface area contributed by atoms with Gasteiger partial charge in [0.25, 0.3) is 0 Å². The van der Waals surface area contributed by atoms with Crippen molar-refractivity contribution in [1.82, 2.24) is 9.78 Å². The van der Waals surface area contributed by atoms with Gasteiger partial charge in [-0.1, -0.05) is 26.7 Å². The highest BCUT2D eigenvalue weighted by molar-refractivity contribution is 5.21. The van der Waals surface area contributed by atoms with E-state index in [4.69, 9.17) is 5.26 Å². The van der Waals surface area contributed by atoms with Gasteiger partial charge >= 0.3 is 0 Å². The van der Waals surface area contributed by atoms with Gasteiger partial charge in [-0.15, -0.1) is 0 Å². The molecule has 0 aliphatic heterocycles. The van der Waals surface area contributed by atoms with Crippen molar-refractivity contribution in [2.24, 2.45) is 52.8 Å². The summed E-state index contributed by atoms with van der Waals surface area (Å²) in [5, 5.41) is 24.9. The van der Waals surface area contributed by atoms with Crippen LogP contribution in [-0.2, 0) is 6.54 Å². The van der Waals surface area contributed by atoms with Crippen LogP contribution in [0.5, 0.6) is 0 Å². The standard InChI is InChI=1S/C29H43N3O/c1-19(17-32-18-21(15-30)16-31-32)26-7-8-27-25-6-5-22-14-29(33,13-20-3-4-20)12-10-23(22)24(25)9-11-28(26,27)2/h16,18-20,22-27,33H,3-14,17H2,1-2H3/t19?,22-,23+,24-,25-,26-,27+,28-,29+/m1/s1. The summed E-state index contributed by atoms with van der Waals surface area (Å²) >= 11 is 0. The lowest BCUT2D eigenvalue weighted by atomic mass is 9.48. The number of nitrogens with zero attached hydrogens (tertiary/aromatic N) is 3. The molecule has 0 spiro atoms. The first kappa shape index (κ1) is 22.1. The summed E-state index contributed by atoms with van der Waals surface area (Å²) in [4.78, 5) is 0. The fraction of sp³-hybridized carbons (Fsp3) is 0.862. The van der Waals surface area contributed by atoms with Crippen LogP contribution in [0, 0.1) is 64.1 Å². The molecule has 0 aromatic carbocycles. The van der Waals surface area contributed by atoms with E-state index in [1.54, 1.807) is 6.20 Å². The smallest absolute Gasteiger partial charge is 0.102 e. The zero-order valence-corrected chi connectivity index (χ0v) is 20.8. The lowest BCUT2D eigenvalue weighted by molar-refractivity contribution is -0.112. The van der Waals surface area contributed by atoms with Crippen LogP contribution in [0.2, 0.25) is 0 Å². The second-order valence-electron chi connectivity index (χ2n) is 13.3. The molecule has 33 heavy (non-hydrogen) atoms. The molecule has 5 fully saturated rings. The monoisotopic (exact) mass is 449 g/mol. The molecule has 1 heterocycles. The largest absolute Gasteiger partial charge is 0.390 e. The Morgan fingerprint density at radius 2 is 1.91 bits per heavy atom. The molecule has 6 rings (SSSR count). The zero-order chi connectivity index (χ0) is 22.8. The summed E-state index contributed by atoms with van der Waals surface area (Å²) in [5.41, 5.74) is 0.816. The Morgan fingerprint density at radius 1 is 1.09 bits per heavy atom. The average molecular weight is 450 g/mol. The zero-order valence-electron chi connectivity index (χ0n) is 20.8.